The van der Waals surface area contributed by atoms with Crippen molar-refractivity contribution in [1.82, 2.24) is 4.57 Å². The summed E-state index contributed by atoms with van der Waals surface area (Å²) in [6, 6.07) is 10.3. The Hall–Kier alpha value is -2.23. The molecular formula is C19H10BrF3N2OS2. The molecule has 3 nitrogen and oxygen atoms in total. The lowest BCUT2D eigenvalue weighted by Crippen LogP contribution is -2.06. The highest BCUT2D eigenvalue weighted by Gasteiger charge is 2.30. The molecule has 0 radical (unpaired) electrons. The standard InChI is InChI=1S/C19H10BrF3N2OS2/c20-12-4-5-15-14(8-12)10(9-24-15)6-16-17(26)25(18(27)28-16)13-3-1-2-11(7-13)19(21,22)23/h1-9,26H. The number of aliphatic imine (C=N–C) groups is 1. The summed E-state index contributed by atoms with van der Waals surface area (Å²) in [6.07, 6.45) is -1.08. The van der Waals surface area contributed by atoms with Crippen LogP contribution in [-0.4, -0.2) is 15.9 Å². The van der Waals surface area contributed by atoms with Crippen molar-refractivity contribution in [2.24, 2.45) is 4.99 Å². The van der Waals surface area contributed by atoms with Crippen LogP contribution in [0.2, 0.25) is 0 Å². The van der Waals surface area contributed by atoms with Crippen LogP contribution >= 0.6 is 39.5 Å². The Bertz CT molecular complexity index is 1210. The third-order valence-corrected chi connectivity index (χ3v) is 5.95. The van der Waals surface area contributed by atoms with Crippen molar-refractivity contribution in [3.8, 4) is 11.6 Å². The van der Waals surface area contributed by atoms with E-state index < -0.39 is 11.7 Å². The third kappa shape index (κ3) is 3.45. The van der Waals surface area contributed by atoms with Gasteiger partial charge in [0, 0.05) is 21.8 Å². The van der Waals surface area contributed by atoms with Gasteiger partial charge in [-0.1, -0.05) is 22.0 Å². The Kier molecular flexibility index (Phi) is 4.76. The van der Waals surface area contributed by atoms with E-state index in [4.69, 9.17) is 12.2 Å². The first kappa shape index (κ1) is 19.1. The summed E-state index contributed by atoms with van der Waals surface area (Å²) in [5.74, 6) is -0.210. The number of thiazole rings is 1. The lowest BCUT2D eigenvalue weighted by Gasteiger charge is -2.10. The molecule has 0 unspecified atom stereocenters. The molecule has 4 rings (SSSR count). The van der Waals surface area contributed by atoms with E-state index >= 15 is 0 Å². The molecule has 0 atom stereocenters. The molecule has 1 N–H and O–H groups in total. The maximum absolute atomic E-state index is 13.0. The SMILES string of the molecule is Oc1c(C=C2C=Nc3ccc(Br)cc32)sc(=S)n1-c1cccc(C(F)(F)F)c1. The van der Waals surface area contributed by atoms with Crippen LogP contribution in [0.5, 0.6) is 5.88 Å². The fraction of sp³-hybridized carbons (Fsp3) is 0.0526. The highest BCUT2D eigenvalue weighted by Crippen LogP contribution is 2.38. The number of halogens is 4. The summed E-state index contributed by atoms with van der Waals surface area (Å²) < 4.78 is 41.4. The van der Waals surface area contributed by atoms with Gasteiger partial charge in [0.15, 0.2) is 3.95 Å². The van der Waals surface area contributed by atoms with Crippen LogP contribution in [0, 0.1) is 3.95 Å². The van der Waals surface area contributed by atoms with Crippen LogP contribution in [0.3, 0.4) is 0 Å². The first-order valence-electron chi connectivity index (χ1n) is 7.92. The molecular weight excluding hydrogens is 473 g/mol. The van der Waals surface area contributed by atoms with Crippen molar-refractivity contribution >= 4 is 63.0 Å². The van der Waals surface area contributed by atoms with Gasteiger partial charge < -0.3 is 5.11 Å². The van der Waals surface area contributed by atoms with Gasteiger partial charge in [-0.3, -0.25) is 9.56 Å². The number of hydrogen-bond acceptors (Lipinski definition) is 4. The number of rotatable bonds is 2. The van der Waals surface area contributed by atoms with Crippen molar-refractivity contribution in [1.29, 1.82) is 0 Å². The Labute approximate surface area is 175 Å². The molecule has 0 saturated carbocycles. The quantitative estimate of drug-likeness (QED) is 0.398. The summed E-state index contributed by atoms with van der Waals surface area (Å²) in [7, 11) is 0. The molecule has 142 valence electrons. The number of alkyl halides is 3. The average Bonchev–Trinajstić information content (AvgIpc) is 3.15. The van der Waals surface area contributed by atoms with Gasteiger partial charge in [-0.15, -0.1) is 11.3 Å². The van der Waals surface area contributed by atoms with Crippen molar-refractivity contribution in [3.05, 3.63) is 66.9 Å². The Balaban J connectivity index is 1.80. The Morgan fingerprint density at radius 2 is 1.96 bits per heavy atom. The second-order valence-corrected chi connectivity index (χ2v) is 8.55. The van der Waals surface area contributed by atoms with Gasteiger partial charge in [0.2, 0.25) is 5.88 Å². The van der Waals surface area contributed by atoms with Crippen LogP contribution in [0.4, 0.5) is 18.9 Å². The molecule has 1 aliphatic rings. The monoisotopic (exact) mass is 482 g/mol. The molecule has 1 aliphatic heterocycles. The Morgan fingerprint density at radius 1 is 1.18 bits per heavy atom. The lowest BCUT2D eigenvalue weighted by molar-refractivity contribution is -0.137. The number of nitrogens with zero attached hydrogens (tertiary/aromatic N) is 2. The predicted octanol–water partition coefficient (Wildman–Crippen LogP) is 7.01. The summed E-state index contributed by atoms with van der Waals surface area (Å²) in [5.41, 5.74) is 1.81. The maximum atomic E-state index is 13.0. The molecule has 0 fully saturated rings. The minimum absolute atomic E-state index is 0.154. The third-order valence-electron chi connectivity index (χ3n) is 4.14. The minimum atomic E-state index is -4.48. The number of allylic oxidation sites excluding steroid dienone is 1. The van der Waals surface area contributed by atoms with Crippen LogP contribution in [0.25, 0.3) is 17.3 Å². The predicted molar refractivity (Wildman–Crippen MR) is 111 cm³/mol. The normalized spacial score (nSPS) is 14.6. The molecule has 9 heteroatoms. The highest BCUT2D eigenvalue weighted by atomic mass is 79.9. The maximum Gasteiger partial charge on any atom is 0.416 e. The van der Waals surface area contributed by atoms with E-state index in [1.165, 1.54) is 16.7 Å². The Morgan fingerprint density at radius 3 is 2.71 bits per heavy atom. The number of fused-ring (bicyclic) bond motifs is 1. The first-order valence-corrected chi connectivity index (χ1v) is 9.94. The molecule has 2 heterocycles. The number of aromatic nitrogens is 1. The van der Waals surface area contributed by atoms with Gasteiger partial charge in [0.05, 0.1) is 21.8 Å². The van der Waals surface area contributed by atoms with E-state index in [1.807, 2.05) is 18.2 Å². The highest BCUT2D eigenvalue weighted by molar-refractivity contribution is 9.10. The zero-order valence-corrected chi connectivity index (χ0v) is 17.1. The van der Waals surface area contributed by atoms with Gasteiger partial charge in [-0.2, -0.15) is 13.2 Å². The topological polar surface area (TPSA) is 37.5 Å². The molecule has 0 saturated heterocycles. The second-order valence-electron chi connectivity index (χ2n) is 5.96. The summed E-state index contributed by atoms with van der Waals surface area (Å²) >= 11 is 9.82. The fourth-order valence-electron chi connectivity index (χ4n) is 2.84. The van der Waals surface area contributed by atoms with Crippen molar-refractivity contribution in [2.75, 3.05) is 0 Å². The van der Waals surface area contributed by atoms with Crippen LogP contribution in [0.1, 0.15) is 16.0 Å². The molecule has 0 spiro atoms. The largest absolute Gasteiger partial charge is 0.493 e. The van der Waals surface area contributed by atoms with Gasteiger partial charge in [0.25, 0.3) is 0 Å². The average molecular weight is 483 g/mol. The van der Waals surface area contributed by atoms with E-state index in [1.54, 1.807) is 12.3 Å². The zero-order chi connectivity index (χ0) is 20.1. The zero-order valence-electron chi connectivity index (χ0n) is 13.9. The van der Waals surface area contributed by atoms with Crippen molar-refractivity contribution in [2.45, 2.75) is 6.18 Å². The van der Waals surface area contributed by atoms with Crippen LogP contribution < -0.4 is 0 Å². The number of aromatic hydroxyl groups is 1. The summed E-state index contributed by atoms with van der Waals surface area (Å²) in [4.78, 5) is 4.77. The summed E-state index contributed by atoms with van der Waals surface area (Å²) in [6.45, 7) is 0. The van der Waals surface area contributed by atoms with Crippen molar-refractivity contribution < 1.29 is 18.3 Å². The van der Waals surface area contributed by atoms with Crippen LogP contribution in [-0.2, 0) is 6.18 Å². The first-order chi connectivity index (χ1) is 13.2. The number of benzene rings is 2. The molecule has 0 amide bonds. The van der Waals surface area contributed by atoms with Crippen molar-refractivity contribution in [3.63, 3.8) is 0 Å². The van der Waals surface area contributed by atoms with Crippen LogP contribution in [0.15, 0.2) is 51.9 Å². The lowest BCUT2D eigenvalue weighted by atomic mass is 10.1. The molecule has 28 heavy (non-hydrogen) atoms. The number of hydrogen-bond donors (Lipinski definition) is 1. The summed E-state index contributed by atoms with van der Waals surface area (Å²) in [5, 5.41) is 10.6. The van der Waals surface area contributed by atoms with Gasteiger partial charge >= 0.3 is 6.18 Å². The smallest absolute Gasteiger partial charge is 0.416 e. The van der Waals surface area contributed by atoms with E-state index in [2.05, 4.69) is 20.9 Å². The van der Waals surface area contributed by atoms with E-state index in [9.17, 15) is 18.3 Å². The second kappa shape index (κ2) is 6.98. The van der Waals surface area contributed by atoms with Gasteiger partial charge in [-0.25, -0.2) is 0 Å². The molecule has 1 aromatic heterocycles. The fourth-order valence-corrected chi connectivity index (χ4v) is 4.50. The van der Waals surface area contributed by atoms with E-state index in [-0.39, 0.29) is 15.5 Å². The van der Waals surface area contributed by atoms with Gasteiger partial charge in [0.1, 0.15) is 0 Å². The van der Waals surface area contributed by atoms with Gasteiger partial charge in [-0.05, 0) is 54.7 Å². The molecule has 0 bridgehead atoms. The molecule has 2 aromatic carbocycles. The van der Waals surface area contributed by atoms with E-state index in [0.717, 1.165) is 44.8 Å². The molecule has 0 aliphatic carbocycles. The molecule has 3 aromatic rings. The van der Waals surface area contributed by atoms with E-state index in [0.29, 0.717) is 4.88 Å². The minimum Gasteiger partial charge on any atom is -0.493 e.